The first kappa shape index (κ1) is 15.1. The van der Waals surface area contributed by atoms with Crippen molar-refractivity contribution in [3.05, 3.63) is 39.4 Å². The number of hydrogen-bond donors (Lipinski definition) is 1. The van der Waals surface area contributed by atoms with Gasteiger partial charge in [0.1, 0.15) is 5.56 Å². The van der Waals surface area contributed by atoms with Gasteiger partial charge in [-0.3, -0.25) is 14.9 Å². The van der Waals surface area contributed by atoms with Gasteiger partial charge in [-0.25, -0.2) is 0 Å². The smallest absolute Gasteiger partial charge is 0.282 e. The number of benzene rings is 1. The largest absolute Gasteiger partial charge is 0.341 e. The summed E-state index contributed by atoms with van der Waals surface area (Å²) >= 11 is 0. The number of carbonyl (C=O) groups excluding carboxylic acids is 1. The van der Waals surface area contributed by atoms with Crippen LogP contribution in [-0.4, -0.2) is 42.9 Å². The van der Waals surface area contributed by atoms with Gasteiger partial charge in [-0.15, -0.1) is 0 Å². The third-order valence-corrected chi connectivity index (χ3v) is 2.93. The van der Waals surface area contributed by atoms with Crippen LogP contribution in [-0.2, 0) is 0 Å². The van der Waals surface area contributed by atoms with E-state index >= 15 is 0 Å². The van der Waals surface area contributed by atoms with Crippen molar-refractivity contribution >= 4 is 11.6 Å². The molecule has 0 fully saturated rings. The van der Waals surface area contributed by atoms with E-state index in [0.29, 0.717) is 12.1 Å². The standard InChI is InChI=1S/C13H19N3O3/c1-10-6-4-7-11(16(18)19)12(10)13(17)15(3)9-5-8-14-2/h4,6-7,14H,5,8-9H2,1-3H3. The Morgan fingerprint density at radius 3 is 2.74 bits per heavy atom. The molecule has 6 nitrogen and oxygen atoms in total. The molecule has 0 saturated heterocycles. The molecule has 1 rings (SSSR count). The van der Waals surface area contributed by atoms with Gasteiger partial charge in [-0.1, -0.05) is 12.1 Å². The number of hydrogen-bond acceptors (Lipinski definition) is 4. The van der Waals surface area contributed by atoms with Crippen LogP contribution in [0.4, 0.5) is 5.69 Å². The normalized spacial score (nSPS) is 10.3. The van der Waals surface area contributed by atoms with Gasteiger partial charge in [0.05, 0.1) is 4.92 Å². The minimum absolute atomic E-state index is 0.134. The molecule has 0 saturated carbocycles. The van der Waals surface area contributed by atoms with Crippen LogP contribution >= 0.6 is 0 Å². The highest BCUT2D eigenvalue weighted by molar-refractivity contribution is 5.99. The van der Waals surface area contributed by atoms with Crippen LogP contribution < -0.4 is 5.32 Å². The lowest BCUT2D eigenvalue weighted by atomic mass is 10.1. The van der Waals surface area contributed by atoms with Crippen molar-refractivity contribution in [2.45, 2.75) is 13.3 Å². The number of nitro benzene ring substituents is 1. The fourth-order valence-corrected chi connectivity index (χ4v) is 1.87. The first-order chi connectivity index (χ1) is 8.99. The molecule has 0 radical (unpaired) electrons. The second-order valence-electron chi connectivity index (χ2n) is 4.41. The first-order valence-electron chi connectivity index (χ1n) is 6.13. The zero-order valence-electron chi connectivity index (χ0n) is 11.5. The van der Waals surface area contributed by atoms with Gasteiger partial charge in [-0.05, 0) is 32.5 Å². The molecule has 0 unspecified atom stereocenters. The molecule has 1 N–H and O–H groups in total. The summed E-state index contributed by atoms with van der Waals surface area (Å²) in [4.78, 5) is 24.3. The quantitative estimate of drug-likeness (QED) is 0.481. The van der Waals surface area contributed by atoms with E-state index in [0.717, 1.165) is 13.0 Å². The first-order valence-corrected chi connectivity index (χ1v) is 6.13. The molecule has 0 aromatic heterocycles. The van der Waals surface area contributed by atoms with Gasteiger partial charge >= 0.3 is 0 Å². The van der Waals surface area contributed by atoms with Gasteiger partial charge in [0.2, 0.25) is 0 Å². The molecular formula is C13H19N3O3. The van der Waals surface area contributed by atoms with Crippen molar-refractivity contribution in [1.29, 1.82) is 0 Å². The molecule has 0 bridgehead atoms. The molecule has 0 aliphatic carbocycles. The summed E-state index contributed by atoms with van der Waals surface area (Å²) in [6.07, 6.45) is 0.804. The third-order valence-electron chi connectivity index (χ3n) is 2.93. The molecule has 0 aliphatic heterocycles. The predicted molar refractivity (Wildman–Crippen MR) is 73.3 cm³/mol. The van der Waals surface area contributed by atoms with Crippen molar-refractivity contribution in [1.82, 2.24) is 10.2 Å². The number of rotatable bonds is 6. The van der Waals surface area contributed by atoms with E-state index in [1.807, 2.05) is 7.05 Å². The Balaban J connectivity index is 2.95. The van der Waals surface area contributed by atoms with Crippen LogP contribution in [0.3, 0.4) is 0 Å². The fraction of sp³-hybridized carbons (Fsp3) is 0.462. The zero-order chi connectivity index (χ0) is 14.4. The second-order valence-corrected chi connectivity index (χ2v) is 4.41. The Hall–Kier alpha value is -1.95. The lowest BCUT2D eigenvalue weighted by Gasteiger charge is -2.18. The molecule has 1 aromatic rings. The molecule has 104 valence electrons. The van der Waals surface area contributed by atoms with Crippen molar-refractivity contribution in [3.63, 3.8) is 0 Å². The van der Waals surface area contributed by atoms with Gasteiger partial charge in [0.15, 0.2) is 0 Å². The maximum Gasteiger partial charge on any atom is 0.282 e. The summed E-state index contributed by atoms with van der Waals surface area (Å²) in [7, 11) is 3.50. The van der Waals surface area contributed by atoms with Crippen LogP contribution in [0.25, 0.3) is 0 Å². The lowest BCUT2D eigenvalue weighted by Crippen LogP contribution is -2.30. The number of amides is 1. The van der Waals surface area contributed by atoms with Crippen LogP contribution in [0.5, 0.6) is 0 Å². The Bertz CT molecular complexity index is 474. The number of carbonyl (C=O) groups is 1. The number of nitrogens with zero attached hydrogens (tertiary/aromatic N) is 2. The van der Waals surface area contributed by atoms with Crippen molar-refractivity contribution in [3.8, 4) is 0 Å². The topological polar surface area (TPSA) is 75.5 Å². The summed E-state index contributed by atoms with van der Waals surface area (Å²) in [5.41, 5.74) is 0.671. The summed E-state index contributed by atoms with van der Waals surface area (Å²) in [6.45, 7) is 3.07. The van der Waals surface area contributed by atoms with E-state index in [-0.39, 0.29) is 17.2 Å². The number of nitrogens with one attached hydrogen (secondary N) is 1. The predicted octanol–water partition coefficient (Wildman–Crippen LogP) is 1.58. The molecule has 6 heteroatoms. The summed E-state index contributed by atoms with van der Waals surface area (Å²) in [5.74, 6) is -0.305. The van der Waals surface area contributed by atoms with Crippen molar-refractivity contribution in [2.24, 2.45) is 0 Å². The highest BCUT2D eigenvalue weighted by Crippen LogP contribution is 2.23. The maximum atomic E-state index is 12.3. The SMILES string of the molecule is CNCCCN(C)C(=O)c1c(C)cccc1[N+](=O)[O-]. The minimum atomic E-state index is -0.512. The summed E-state index contributed by atoms with van der Waals surface area (Å²) in [5, 5.41) is 14.0. The second kappa shape index (κ2) is 6.84. The van der Waals surface area contributed by atoms with Gasteiger partial charge in [-0.2, -0.15) is 0 Å². The van der Waals surface area contributed by atoms with E-state index < -0.39 is 4.92 Å². The molecule has 1 amide bonds. The van der Waals surface area contributed by atoms with Gasteiger partial charge < -0.3 is 10.2 Å². The van der Waals surface area contributed by atoms with Crippen molar-refractivity contribution < 1.29 is 9.72 Å². The summed E-state index contributed by atoms with van der Waals surface area (Å²) < 4.78 is 0. The highest BCUT2D eigenvalue weighted by Gasteiger charge is 2.24. The average molecular weight is 265 g/mol. The molecule has 0 heterocycles. The average Bonchev–Trinajstić information content (AvgIpc) is 2.37. The molecule has 19 heavy (non-hydrogen) atoms. The number of nitro groups is 1. The maximum absolute atomic E-state index is 12.3. The van der Waals surface area contributed by atoms with E-state index in [1.165, 1.54) is 11.0 Å². The van der Waals surface area contributed by atoms with E-state index in [1.54, 1.807) is 26.1 Å². The monoisotopic (exact) mass is 265 g/mol. The molecule has 0 spiro atoms. The third kappa shape index (κ3) is 3.75. The summed E-state index contributed by atoms with van der Waals surface area (Å²) in [6, 6.07) is 4.66. The Labute approximate surface area is 112 Å². The van der Waals surface area contributed by atoms with E-state index in [2.05, 4.69) is 5.32 Å². The molecule has 0 atom stereocenters. The van der Waals surface area contributed by atoms with Crippen LogP contribution in [0.2, 0.25) is 0 Å². The minimum Gasteiger partial charge on any atom is -0.341 e. The van der Waals surface area contributed by atoms with Crippen LogP contribution in [0, 0.1) is 17.0 Å². The molecule has 0 aliphatic rings. The Morgan fingerprint density at radius 1 is 1.47 bits per heavy atom. The highest BCUT2D eigenvalue weighted by atomic mass is 16.6. The Morgan fingerprint density at radius 2 is 2.16 bits per heavy atom. The lowest BCUT2D eigenvalue weighted by molar-refractivity contribution is -0.385. The van der Waals surface area contributed by atoms with Gasteiger partial charge in [0, 0.05) is 19.7 Å². The van der Waals surface area contributed by atoms with E-state index in [9.17, 15) is 14.9 Å². The van der Waals surface area contributed by atoms with Crippen LogP contribution in [0.1, 0.15) is 22.3 Å². The molecular weight excluding hydrogens is 246 g/mol. The van der Waals surface area contributed by atoms with E-state index in [4.69, 9.17) is 0 Å². The van der Waals surface area contributed by atoms with Gasteiger partial charge in [0.25, 0.3) is 11.6 Å². The van der Waals surface area contributed by atoms with Crippen LogP contribution in [0.15, 0.2) is 18.2 Å². The van der Waals surface area contributed by atoms with Crippen molar-refractivity contribution in [2.75, 3.05) is 27.2 Å². The number of aryl methyl sites for hydroxylation is 1. The molecule has 1 aromatic carbocycles. The zero-order valence-corrected chi connectivity index (χ0v) is 11.5. The Kier molecular flexibility index (Phi) is 5.44. The fourth-order valence-electron chi connectivity index (χ4n) is 1.87.